The molecule has 0 radical (unpaired) electrons. The molecule has 1 aliphatic rings. The van der Waals surface area contributed by atoms with Crippen LogP contribution < -0.4 is 0 Å². The molecule has 0 amide bonds. The fraction of sp³-hybridized carbons (Fsp3) is 0.375. The summed E-state index contributed by atoms with van der Waals surface area (Å²) in [6.07, 6.45) is 6.19. The van der Waals surface area contributed by atoms with Gasteiger partial charge in [0.15, 0.2) is 0 Å². The normalized spacial score (nSPS) is 24.8. The molecule has 0 aliphatic heterocycles. The van der Waals surface area contributed by atoms with E-state index in [0.29, 0.717) is 5.92 Å². The summed E-state index contributed by atoms with van der Waals surface area (Å²) in [4.78, 5) is 1.04. The molecule has 2 heteroatoms. The zero-order valence-corrected chi connectivity index (χ0v) is 7.58. The third kappa shape index (κ3) is 1.50. The van der Waals surface area contributed by atoms with Crippen LogP contribution in [0, 0.1) is 5.92 Å². The fourth-order valence-corrected chi connectivity index (χ4v) is 1.53. The van der Waals surface area contributed by atoms with Crippen LogP contribution >= 0.6 is 24.8 Å². The van der Waals surface area contributed by atoms with E-state index in [1.807, 2.05) is 12.2 Å². The van der Waals surface area contributed by atoms with Crippen molar-refractivity contribution < 1.29 is 0 Å². The molecule has 0 aromatic heterocycles. The van der Waals surface area contributed by atoms with Gasteiger partial charge in [0.05, 0.1) is 0 Å². The van der Waals surface area contributed by atoms with Gasteiger partial charge in [-0.3, -0.25) is 0 Å². The van der Waals surface area contributed by atoms with Crippen LogP contribution in [0.5, 0.6) is 0 Å². The van der Waals surface area contributed by atoms with Crippen molar-refractivity contribution in [3.63, 3.8) is 0 Å². The molecule has 54 valence electrons. The van der Waals surface area contributed by atoms with E-state index < -0.39 is 0 Å². The highest BCUT2D eigenvalue weighted by Crippen LogP contribution is 2.16. The predicted octanol–water partition coefficient (Wildman–Crippen LogP) is 2.42. The zero-order valence-electron chi connectivity index (χ0n) is 5.87. The fourth-order valence-electron chi connectivity index (χ4n) is 0.931. The van der Waals surface area contributed by atoms with E-state index in [1.54, 1.807) is 0 Å². The van der Waals surface area contributed by atoms with Gasteiger partial charge < -0.3 is 0 Å². The second kappa shape index (κ2) is 3.35. The van der Waals surface area contributed by atoms with Gasteiger partial charge in [-0.25, -0.2) is 0 Å². The third-order valence-electron chi connectivity index (χ3n) is 1.60. The SMILES string of the molecule is CC1C=CC=C(CS)C1=S. The quantitative estimate of drug-likeness (QED) is 0.466. The van der Waals surface area contributed by atoms with Gasteiger partial charge in [-0.1, -0.05) is 37.4 Å². The molecule has 0 saturated carbocycles. The topological polar surface area (TPSA) is 0 Å². The number of hydrogen-bond donors (Lipinski definition) is 1. The number of rotatable bonds is 1. The average Bonchev–Trinajstić information content (AvgIpc) is 1.95. The third-order valence-corrected chi connectivity index (χ3v) is 2.57. The molecule has 0 fully saturated rings. The summed E-state index contributed by atoms with van der Waals surface area (Å²) in [6, 6.07) is 0. The average molecular weight is 170 g/mol. The van der Waals surface area contributed by atoms with Crippen molar-refractivity contribution in [2.75, 3.05) is 5.75 Å². The van der Waals surface area contributed by atoms with Crippen LogP contribution in [0.15, 0.2) is 23.8 Å². The maximum Gasteiger partial charge on any atom is 0.0258 e. The standard InChI is InChI=1S/C8H10S2/c1-6-3-2-4-7(5-9)8(6)10/h2-4,6,9H,5H2,1H3. The Morgan fingerprint density at radius 1 is 1.70 bits per heavy atom. The van der Waals surface area contributed by atoms with Crippen molar-refractivity contribution >= 4 is 29.7 Å². The predicted molar refractivity (Wildman–Crippen MR) is 52.8 cm³/mol. The molecule has 0 heterocycles. The molecule has 1 unspecified atom stereocenters. The summed E-state index contributed by atoms with van der Waals surface area (Å²) in [6.45, 7) is 2.11. The number of hydrogen-bond acceptors (Lipinski definition) is 2. The molecule has 0 aromatic carbocycles. The van der Waals surface area contributed by atoms with Gasteiger partial charge in [-0.15, -0.1) is 0 Å². The van der Waals surface area contributed by atoms with Gasteiger partial charge in [0.25, 0.3) is 0 Å². The van der Waals surface area contributed by atoms with E-state index in [2.05, 4.69) is 25.6 Å². The van der Waals surface area contributed by atoms with Gasteiger partial charge in [0, 0.05) is 16.5 Å². The van der Waals surface area contributed by atoms with Gasteiger partial charge >= 0.3 is 0 Å². The summed E-state index contributed by atoms with van der Waals surface area (Å²) in [5, 5.41) is 0. The Morgan fingerprint density at radius 2 is 2.40 bits per heavy atom. The van der Waals surface area contributed by atoms with Crippen LogP contribution in [0.1, 0.15) is 6.92 Å². The smallest absolute Gasteiger partial charge is 0.0258 e. The van der Waals surface area contributed by atoms with Crippen LogP contribution in [0.4, 0.5) is 0 Å². The van der Waals surface area contributed by atoms with Gasteiger partial charge in [0.2, 0.25) is 0 Å². The van der Waals surface area contributed by atoms with Crippen molar-refractivity contribution in [2.45, 2.75) is 6.92 Å². The summed E-state index contributed by atoms with van der Waals surface area (Å²) < 4.78 is 0. The number of thiocarbonyl (C=S) groups is 1. The molecule has 0 nitrogen and oxygen atoms in total. The summed E-state index contributed by atoms with van der Waals surface area (Å²) in [5.41, 5.74) is 1.19. The highest BCUT2D eigenvalue weighted by molar-refractivity contribution is 7.82. The van der Waals surface area contributed by atoms with Crippen molar-refractivity contribution in [3.8, 4) is 0 Å². The zero-order chi connectivity index (χ0) is 7.56. The number of allylic oxidation sites excluding steroid dienone is 3. The monoisotopic (exact) mass is 170 g/mol. The van der Waals surface area contributed by atoms with Crippen LogP contribution in [-0.4, -0.2) is 10.6 Å². The first-order chi connectivity index (χ1) is 4.75. The second-order valence-corrected chi connectivity index (χ2v) is 3.14. The lowest BCUT2D eigenvalue weighted by Gasteiger charge is -2.13. The van der Waals surface area contributed by atoms with E-state index in [-0.39, 0.29) is 0 Å². The van der Waals surface area contributed by atoms with Crippen molar-refractivity contribution in [1.29, 1.82) is 0 Å². The number of thiol groups is 1. The lowest BCUT2D eigenvalue weighted by Crippen LogP contribution is -2.12. The van der Waals surface area contributed by atoms with Gasteiger partial charge in [-0.05, 0) is 5.57 Å². The molecule has 1 atom stereocenters. The maximum atomic E-state index is 5.18. The largest absolute Gasteiger partial charge is 0.175 e. The van der Waals surface area contributed by atoms with Gasteiger partial charge in [0.1, 0.15) is 0 Å². The molecule has 1 rings (SSSR count). The molecule has 0 N–H and O–H groups in total. The Bertz CT molecular complexity index is 201. The molecule has 1 aliphatic carbocycles. The first-order valence-corrected chi connectivity index (χ1v) is 4.32. The minimum atomic E-state index is 0.419. The van der Waals surface area contributed by atoms with Crippen molar-refractivity contribution in [3.05, 3.63) is 23.8 Å². The molecule has 0 bridgehead atoms. The van der Waals surface area contributed by atoms with E-state index in [1.165, 1.54) is 5.57 Å². The Hall–Kier alpha value is -0.0800. The molecule has 0 spiro atoms. The molecular formula is C8H10S2. The Morgan fingerprint density at radius 3 is 2.90 bits per heavy atom. The summed E-state index contributed by atoms with van der Waals surface area (Å²) >= 11 is 9.35. The van der Waals surface area contributed by atoms with Crippen LogP contribution in [0.25, 0.3) is 0 Å². The first-order valence-electron chi connectivity index (χ1n) is 3.28. The molecule has 10 heavy (non-hydrogen) atoms. The Balaban J connectivity index is 2.82. The first kappa shape index (κ1) is 8.02. The Kier molecular flexibility index (Phi) is 2.69. The molecular weight excluding hydrogens is 160 g/mol. The molecule has 0 aromatic rings. The van der Waals surface area contributed by atoms with Gasteiger partial charge in [-0.2, -0.15) is 12.6 Å². The van der Waals surface area contributed by atoms with Crippen LogP contribution in [-0.2, 0) is 0 Å². The van der Waals surface area contributed by atoms with Crippen LogP contribution in [0.2, 0.25) is 0 Å². The van der Waals surface area contributed by atoms with E-state index in [9.17, 15) is 0 Å². The Labute approximate surface area is 72.4 Å². The molecule has 0 saturated heterocycles. The highest BCUT2D eigenvalue weighted by atomic mass is 32.1. The maximum absolute atomic E-state index is 5.18. The van der Waals surface area contributed by atoms with E-state index in [0.717, 1.165) is 10.6 Å². The van der Waals surface area contributed by atoms with Crippen molar-refractivity contribution in [2.24, 2.45) is 5.92 Å². The van der Waals surface area contributed by atoms with E-state index >= 15 is 0 Å². The lowest BCUT2D eigenvalue weighted by atomic mass is 9.97. The second-order valence-electron chi connectivity index (χ2n) is 2.39. The van der Waals surface area contributed by atoms with Crippen molar-refractivity contribution in [1.82, 2.24) is 0 Å². The minimum Gasteiger partial charge on any atom is -0.175 e. The lowest BCUT2D eigenvalue weighted by molar-refractivity contribution is 1.01. The summed E-state index contributed by atoms with van der Waals surface area (Å²) in [5.74, 6) is 1.18. The highest BCUT2D eigenvalue weighted by Gasteiger charge is 2.11. The minimum absolute atomic E-state index is 0.419. The van der Waals surface area contributed by atoms with E-state index in [4.69, 9.17) is 12.2 Å². The summed E-state index contributed by atoms with van der Waals surface area (Å²) in [7, 11) is 0. The van der Waals surface area contributed by atoms with Crippen LogP contribution in [0.3, 0.4) is 0 Å².